The normalized spacial score (nSPS) is 10.9. The number of aryl methyl sites for hydroxylation is 1. The average Bonchev–Trinajstić information content (AvgIpc) is 2.34. The molecular weight excluding hydrogens is 250 g/mol. The minimum Gasteiger partial charge on any atom is -0.219 e. The zero-order chi connectivity index (χ0) is 12.1. The molecule has 3 heteroatoms. The largest absolute Gasteiger partial charge is 0.219 e. The van der Waals surface area contributed by atoms with Crippen molar-refractivity contribution in [2.24, 2.45) is 4.40 Å². The van der Waals surface area contributed by atoms with E-state index < -0.39 is 0 Å². The van der Waals surface area contributed by atoms with Crippen LogP contribution < -0.4 is 0 Å². The Kier molecular flexibility index (Phi) is 4.24. The van der Waals surface area contributed by atoms with Crippen LogP contribution in [0.15, 0.2) is 57.8 Å². The highest BCUT2D eigenvalue weighted by Crippen LogP contribution is 2.22. The van der Waals surface area contributed by atoms with Crippen molar-refractivity contribution in [1.29, 1.82) is 0 Å². The van der Waals surface area contributed by atoms with Crippen molar-refractivity contribution in [2.75, 3.05) is 0 Å². The predicted octanol–water partition coefficient (Wildman–Crippen LogP) is 4.77. The maximum Gasteiger partial charge on any atom is 0.0428 e. The fraction of sp³-hybridized carbons (Fsp3) is 0.0714. The van der Waals surface area contributed by atoms with Crippen LogP contribution in [0.3, 0.4) is 0 Å². The van der Waals surface area contributed by atoms with Crippen molar-refractivity contribution in [3.05, 3.63) is 64.7 Å². The molecular formula is C14H12ClNS. The summed E-state index contributed by atoms with van der Waals surface area (Å²) in [5.74, 6) is 0. The number of hydrogen-bond acceptors (Lipinski definition) is 2. The van der Waals surface area contributed by atoms with E-state index in [-0.39, 0.29) is 0 Å². The molecule has 0 radical (unpaired) electrons. The van der Waals surface area contributed by atoms with Crippen molar-refractivity contribution >= 4 is 29.8 Å². The lowest BCUT2D eigenvalue weighted by atomic mass is 10.2. The second-order valence-electron chi connectivity index (χ2n) is 3.64. The van der Waals surface area contributed by atoms with Gasteiger partial charge in [-0.1, -0.05) is 41.9 Å². The summed E-state index contributed by atoms with van der Waals surface area (Å²) in [6.07, 6.45) is 1.84. The van der Waals surface area contributed by atoms with Gasteiger partial charge in [-0.25, -0.2) is 4.40 Å². The van der Waals surface area contributed by atoms with E-state index >= 15 is 0 Å². The van der Waals surface area contributed by atoms with Crippen LogP contribution in [0.25, 0.3) is 0 Å². The van der Waals surface area contributed by atoms with Crippen molar-refractivity contribution in [3.8, 4) is 0 Å². The van der Waals surface area contributed by atoms with Crippen molar-refractivity contribution in [3.63, 3.8) is 0 Å². The third-order valence-electron chi connectivity index (χ3n) is 2.32. The van der Waals surface area contributed by atoms with E-state index in [1.807, 2.05) is 42.6 Å². The molecule has 0 aliphatic heterocycles. The predicted molar refractivity (Wildman–Crippen MR) is 76.1 cm³/mol. The van der Waals surface area contributed by atoms with Crippen LogP contribution in [0, 0.1) is 6.92 Å². The molecule has 17 heavy (non-hydrogen) atoms. The molecule has 0 aromatic heterocycles. The molecule has 0 amide bonds. The summed E-state index contributed by atoms with van der Waals surface area (Å²) in [7, 11) is 0. The summed E-state index contributed by atoms with van der Waals surface area (Å²) < 4.78 is 4.35. The first-order chi connectivity index (χ1) is 8.25. The second-order valence-corrected chi connectivity index (χ2v) is 4.91. The minimum atomic E-state index is 0.744. The topological polar surface area (TPSA) is 12.4 Å². The average molecular weight is 262 g/mol. The molecule has 86 valence electrons. The first kappa shape index (κ1) is 12.2. The zero-order valence-corrected chi connectivity index (χ0v) is 11.0. The highest BCUT2D eigenvalue weighted by molar-refractivity contribution is 7.98. The van der Waals surface area contributed by atoms with E-state index in [1.165, 1.54) is 22.4 Å². The lowest BCUT2D eigenvalue weighted by Gasteiger charge is -1.99. The van der Waals surface area contributed by atoms with Gasteiger partial charge in [0.15, 0.2) is 0 Å². The lowest BCUT2D eigenvalue weighted by molar-refractivity contribution is 1.30. The van der Waals surface area contributed by atoms with Gasteiger partial charge in [-0.15, -0.1) is 0 Å². The molecule has 0 fully saturated rings. The number of nitrogens with zero attached hydrogens (tertiary/aromatic N) is 1. The van der Waals surface area contributed by atoms with Crippen LogP contribution in [-0.2, 0) is 0 Å². The van der Waals surface area contributed by atoms with Gasteiger partial charge in [-0.2, -0.15) is 0 Å². The summed E-state index contributed by atoms with van der Waals surface area (Å²) >= 11 is 7.30. The molecule has 0 N–H and O–H groups in total. The van der Waals surface area contributed by atoms with Gasteiger partial charge in [0.1, 0.15) is 0 Å². The third kappa shape index (κ3) is 3.62. The van der Waals surface area contributed by atoms with E-state index in [0.717, 1.165) is 10.6 Å². The Morgan fingerprint density at radius 2 is 1.76 bits per heavy atom. The smallest absolute Gasteiger partial charge is 0.0428 e. The van der Waals surface area contributed by atoms with Gasteiger partial charge in [-0.3, -0.25) is 0 Å². The van der Waals surface area contributed by atoms with Gasteiger partial charge >= 0.3 is 0 Å². The van der Waals surface area contributed by atoms with Gasteiger partial charge in [0.05, 0.1) is 0 Å². The Hall–Kier alpha value is -1.25. The number of benzene rings is 2. The van der Waals surface area contributed by atoms with Gasteiger partial charge in [0.2, 0.25) is 0 Å². The summed E-state index contributed by atoms with van der Waals surface area (Å²) in [6, 6.07) is 15.8. The minimum absolute atomic E-state index is 0.744. The van der Waals surface area contributed by atoms with Crippen LogP contribution in [0.5, 0.6) is 0 Å². The molecule has 0 bridgehead atoms. The summed E-state index contributed by atoms with van der Waals surface area (Å²) in [4.78, 5) is 1.18. The molecule has 0 unspecified atom stereocenters. The summed E-state index contributed by atoms with van der Waals surface area (Å²) in [5.41, 5.74) is 2.29. The van der Waals surface area contributed by atoms with Crippen molar-refractivity contribution in [2.45, 2.75) is 11.8 Å². The zero-order valence-electron chi connectivity index (χ0n) is 9.43. The highest BCUT2D eigenvalue weighted by Gasteiger charge is 1.95. The number of hydrogen-bond donors (Lipinski definition) is 0. The van der Waals surface area contributed by atoms with Crippen molar-refractivity contribution < 1.29 is 0 Å². The van der Waals surface area contributed by atoms with Gasteiger partial charge < -0.3 is 0 Å². The lowest BCUT2D eigenvalue weighted by Crippen LogP contribution is -1.79. The van der Waals surface area contributed by atoms with E-state index in [9.17, 15) is 0 Å². The Morgan fingerprint density at radius 1 is 1.06 bits per heavy atom. The van der Waals surface area contributed by atoms with E-state index in [4.69, 9.17) is 11.6 Å². The quantitative estimate of drug-likeness (QED) is 0.572. The molecule has 2 aromatic rings. The fourth-order valence-electron chi connectivity index (χ4n) is 1.35. The maximum absolute atomic E-state index is 5.81. The SMILES string of the molecule is Cc1ccccc1S/N=C/c1ccc(Cl)cc1. The third-order valence-corrected chi connectivity index (χ3v) is 3.43. The van der Waals surface area contributed by atoms with Gasteiger partial charge in [-0.05, 0) is 36.2 Å². The highest BCUT2D eigenvalue weighted by atomic mass is 35.5. The molecule has 2 aromatic carbocycles. The Labute approximate surface area is 111 Å². The van der Waals surface area contributed by atoms with Crippen LogP contribution in [0.1, 0.15) is 11.1 Å². The molecule has 0 atom stereocenters. The summed E-state index contributed by atoms with van der Waals surface area (Å²) in [5, 5.41) is 0.744. The molecule has 0 heterocycles. The van der Waals surface area contributed by atoms with Crippen LogP contribution in [-0.4, -0.2) is 6.21 Å². The number of halogens is 1. The maximum atomic E-state index is 5.81. The van der Waals surface area contributed by atoms with Gasteiger partial charge in [0, 0.05) is 28.1 Å². The van der Waals surface area contributed by atoms with Crippen LogP contribution >= 0.6 is 23.5 Å². The Morgan fingerprint density at radius 3 is 2.47 bits per heavy atom. The van der Waals surface area contributed by atoms with E-state index in [2.05, 4.69) is 23.5 Å². The molecule has 0 saturated heterocycles. The number of rotatable bonds is 3. The van der Waals surface area contributed by atoms with Crippen molar-refractivity contribution in [1.82, 2.24) is 0 Å². The van der Waals surface area contributed by atoms with E-state index in [1.54, 1.807) is 0 Å². The second kappa shape index (κ2) is 5.89. The fourth-order valence-corrected chi connectivity index (χ4v) is 2.12. The summed E-state index contributed by atoms with van der Waals surface area (Å²) in [6.45, 7) is 2.08. The van der Waals surface area contributed by atoms with E-state index in [0.29, 0.717) is 0 Å². The Balaban J connectivity index is 2.03. The van der Waals surface area contributed by atoms with Crippen LogP contribution in [0.4, 0.5) is 0 Å². The first-order valence-electron chi connectivity index (χ1n) is 5.27. The van der Waals surface area contributed by atoms with Crippen LogP contribution in [0.2, 0.25) is 5.02 Å². The molecule has 1 nitrogen and oxygen atoms in total. The molecule has 0 spiro atoms. The molecule has 2 rings (SSSR count). The van der Waals surface area contributed by atoms with Gasteiger partial charge in [0.25, 0.3) is 0 Å². The molecule has 0 aliphatic carbocycles. The monoisotopic (exact) mass is 261 g/mol. The first-order valence-corrected chi connectivity index (χ1v) is 6.42. The molecule has 0 aliphatic rings. The molecule has 0 saturated carbocycles. The Bertz CT molecular complexity index is 520. The standard InChI is InChI=1S/C14H12ClNS/c1-11-4-2-3-5-14(11)17-16-10-12-6-8-13(15)9-7-12/h2-10H,1H3/b16-10+.